The summed E-state index contributed by atoms with van der Waals surface area (Å²) in [4.78, 5) is 10.2. The van der Waals surface area contributed by atoms with Gasteiger partial charge in [0.25, 0.3) is 0 Å². The Morgan fingerprint density at radius 3 is 2.76 bits per heavy atom. The van der Waals surface area contributed by atoms with Crippen molar-refractivity contribution >= 4 is 17.4 Å². The highest BCUT2D eigenvalue weighted by Crippen LogP contribution is 2.23. The summed E-state index contributed by atoms with van der Waals surface area (Å²) in [6, 6.07) is 0. The maximum atomic E-state index is 9.07. The SMILES string of the molecule is CCc1c(Cl)ncnc1N(CCO)CCOC. The Kier molecular flexibility index (Phi) is 6.18. The fourth-order valence-corrected chi connectivity index (χ4v) is 1.87. The predicted molar refractivity (Wildman–Crippen MR) is 67.6 cm³/mol. The van der Waals surface area contributed by atoms with Crippen LogP contribution in [0.1, 0.15) is 12.5 Å². The molecular formula is C11H18ClN3O2. The molecule has 1 aromatic rings. The molecule has 5 nitrogen and oxygen atoms in total. The summed E-state index contributed by atoms with van der Waals surface area (Å²) in [6.45, 7) is 3.81. The van der Waals surface area contributed by atoms with Gasteiger partial charge >= 0.3 is 0 Å². The molecule has 1 rings (SSSR count). The molecular weight excluding hydrogens is 242 g/mol. The number of aliphatic hydroxyl groups excluding tert-OH is 1. The van der Waals surface area contributed by atoms with Gasteiger partial charge in [-0.1, -0.05) is 18.5 Å². The molecule has 0 unspecified atom stereocenters. The molecule has 0 aliphatic carbocycles. The van der Waals surface area contributed by atoms with E-state index in [2.05, 4.69) is 9.97 Å². The van der Waals surface area contributed by atoms with Crippen molar-refractivity contribution in [2.45, 2.75) is 13.3 Å². The Labute approximate surface area is 106 Å². The van der Waals surface area contributed by atoms with Gasteiger partial charge in [-0.25, -0.2) is 9.97 Å². The van der Waals surface area contributed by atoms with Crippen LogP contribution in [0, 0.1) is 0 Å². The number of halogens is 1. The average Bonchev–Trinajstić information content (AvgIpc) is 2.34. The third-order valence-corrected chi connectivity index (χ3v) is 2.78. The van der Waals surface area contributed by atoms with Gasteiger partial charge in [0.1, 0.15) is 17.3 Å². The molecule has 6 heteroatoms. The van der Waals surface area contributed by atoms with Crippen molar-refractivity contribution in [3.63, 3.8) is 0 Å². The van der Waals surface area contributed by atoms with Gasteiger partial charge in [-0.15, -0.1) is 0 Å². The zero-order valence-corrected chi connectivity index (χ0v) is 10.9. The molecule has 0 aliphatic rings. The minimum atomic E-state index is 0.0640. The number of anilines is 1. The molecule has 0 saturated heterocycles. The van der Waals surface area contributed by atoms with Gasteiger partial charge in [-0.05, 0) is 6.42 Å². The van der Waals surface area contributed by atoms with Crippen LogP contribution in [0.4, 0.5) is 5.82 Å². The Morgan fingerprint density at radius 2 is 2.18 bits per heavy atom. The summed E-state index contributed by atoms with van der Waals surface area (Å²) < 4.78 is 5.04. The number of aliphatic hydroxyl groups is 1. The van der Waals surface area contributed by atoms with Crippen LogP contribution in [-0.2, 0) is 11.2 Å². The quantitative estimate of drug-likeness (QED) is 0.744. The van der Waals surface area contributed by atoms with Crippen molar-refractivity contribution < 1.29 is 9.84 Å². The summed E-state index contributed by atoms with van der Waals surface area (Å²) in [6.07, 6.45) is 2.19. The number of aromatic nitrogens is 2. The largest absolute Gasteiger partial charge is 0.395 e. The minimum Gasteiger partial charge on any atom is -0.395 e. The Balaban J connectivity index is 2.95. The van der Waals surface area contributed by atoms with E-state index in [0.717, 1.165) is 17.8 Å². The molecule has 0 aliphatic heterocycles. The topological polar surface area (TPSA) is 58.5 Å². The van der Waals surface area contributed by atoms with Gasteiger partial charge in [-0.3, -0.25) is 0 Å². The molecule has 0 bridgehead atoms. The number of rotatable bonds is 7. The number of methoxy groups -OCH3 is 1. The first-order chi connectivity index (χ1) is 8.24. The van der Waals surface area contributed by atoms with Crippen LogP contribution in [0.3, 0.4) is 0 Å². The van der Waals surface area contributed by atoms with Crippen molar-refractivity contribution in [3.05, 3.63) is 17.0 Å². The van der Waals surface area contributed by atoms with Gasteiger partial charge in [0.2, 0.25) is 0 Å². The smallest absolute Gasteiger partial charge is 0.137 e. The third-order valence-electron chi connectivity index (χ3n) is 2.46. The first-order valence-corrected chi connectivity index (χ1v) is 5.96. The summed E-state index contributed by atoms with van der Waals surface area (Å²) in [5.74, 6) is 0.776. The zero-order valence-electron chi connectivity index (χ0n) is 10.2. The van der Waals surface area contributed by atoms with Crippen molar-refractivity contribution in [1.82, 2.24) is 9.97 Å². The fraction of sp³-hybridized carbons (Fsp3) is 0.636. The standard InChI is InChI=1S/C11H18ClN3O2/c1-3-9-10(12)13-8-14-11(9)15(4-6-16)5-7-17-2/h8,16H,3-7H2,1-2H3. The highest BCUT2D eigenvalue weighted by atomic mass is 35.5. The minimum absolute atomic E-state index is 0.0640. The number of ether oxygens (including phenoxy) is 1. The van der Waals surface area contributed by atoms with Crippen LogP contribution in [0.5, 0.6) is 0 Å². The summed E-state index contributed by atoms with van der Waals surface area (Å²) in [7, 11) is 1.64. The van der Waals surface area contributed by atoms with Gasteiger partial charge in [0, 0.05) is 25.8 Å². The van der Waals surface area contributed by atoms with Gasteiger partial charge in [0.05, 0.1) is 13.2 Å². The molecule has 0 saturated carbocycles. The van der Waals surface area contributed by atoms with E-state index in [-0.39, 0.29) is 6.61 Å². The first-order valence-electron chi connectivity index (χ1n) is 5.58. The maximum absolute atomic E-state index is 9.07. The highest BCUT2D eigenvalue weighted by Gasteiger charge is 2.14. The molecule has 0 atom stereocenters. The Bertz CT molecular complexity index is 349. The van der Waals surface area contributed by atoms with E-state index in [1.54, 1.807) is 7.11 Å². The van der Waals surface area contributed by atoms with E-state index in [1.165, 1.54) is 6.33 Å². The van der Waals surface area contributed by atoms with E-state index in [1.807, 2.05) is 11.8 Å². The van der Waals surface area contributed by atoms with E-state index in [0.29, 0.717) is 24.8 Å². The Hall–Kier alpha value is -0.910. The second-order valence-corrected chi connectivity index (χ2v) is 3.88. The van der Waals surface area contributed by atoms with Crippen molar-refractivity contribution in [1.29, 1.82) is 0 Å². The third kappa shape index (κ3) is 3.80. The molecule has 96 valence electrons. The number of hydrogen-bond acceptors (Lipinski definition) is 5. The molecule has 0 radical (unpaired) electrons. The zero-order chi connectivity index (χ0) is 12.7. The van der Waals surface area contributed by atoms with Crippen LogP contribution in [-0.4, -0.2) is 48.5 Å². The van der Waals surface area contributed by atoms with Crippen molar-refractivity contribution in [2.24, 2.45) is 0 Å². The fourth-order valence-electron chi connectivity index (χ4n) is 1.60. The van der Waals surface area contributed by atoms with Crippen LogP contribution in [0.2, 0.25) is 5.15 Å². The Morgan fingerprint density at radius 1 is 1.41 bits per heavy atom. The van der Waals surface area contributed by atoms with Gasteiger partial charge < -0.3 is 14.7 Å². The lowest BCUT2D eigenvalue weighted by Gasteiger charge is -2.24. The molecule has 0 aromatic carbocycles. The summed E-state index contributed by atoms with van der Waals surface area (Å²) in [5, 5.41) is 9.54. The second-order valence-electron chi connectivity index (χ2n) is 3.52. The summed E-state index contributed by atoms with van der Waals surface area (Å²) >= 11 is 6.04. The molecule has 0 spiro atoms. The van der Waals surface area contributed by atoms with Crippen molar-refractivity contribution in [3.8, 4) is 0 Å². The lowest BCUT2D eigenvalue weighted by atomic mass is 10.2. The van der Waals surface area contributed by atoms with Gasteiger partial charge in [-0.2, -0.15) is 0 Å². The molecule has 17 heavy (non-hydrogen) atoms. The molecule has 1 heterocycles. The number of nitrogens with zero attached hydrogens (tertiary/aromatic N) is 3. The predicted octanol–water partition coefficient (Wildman–Crippen LogP) is 1.14. The van der Waals surface area contributed by atoms with Crippen LogP contribution >= 0.6 is 11.6 Å². The van der Waals surface area contributed by atoms with E-state index < -0.39 is 0 Å². The maximum Gasteiger partial charge on any atom is 0.137 e. The number of hydrogen-bond donors (Lipinski definition) is 1. The first kappa shape index (κ1) is 14.2. The average molecular weight is 260 g/mol. The highest BCUT2D eigenvalue weighted by molar-refractivity contribution is 6.30. The van der Waals surface area contributed by atoms with Crippen LogP contribution < -0.4 is 4.90 Å². The molecule has 1 aromatic heterocycles. The molecule has 0 amide bonds. The van der Waals surface area contributed by atoms with Crippen molar-refractivity contribution in [2.75, 3.05) is 38.3 Å². The van der Waals surface area contributed by atoms with Gasteiger partial charge in [0.15, 0.2) is 0 Å². The lowest BCUT2D eigenvalue weighted by Crippen LogP contribution is -2.32. The van der Waals surface area contributed by atoms with E-state index in [9.17, 15) is 0 Å². The normalized spacial score (nSPS) is 10.6. The van der Waals surface area contributed by atoms with E-state index in [4.69, 9.17) is 21.4 Å². The van der Waals surface area contributed by atoms with Crippen LogP contribution in [0.15, 0.2) is 6.33 Å². The van der Waals surface area contributed by atoms with E-state index >= 15 is 0 Å². The van der Waals surface area contributed by atoms with Crippen LogP contribution in [0.25, 0.3) is 0 Å². The lowest BCUT2D eigenvalue weighted by molar-refractivity contribution is 0.202. The molecule has 0 fully saturated rings. The molecule has 1 N–H and O–H groups in total. The summed E-state index contributed by atoms with van der Waals surface area (Å²) in [5.41, 5.74) is 0.902. The monoisotopic (exact) mass is 259 g/mol. The second kappa shape index (κ2) is 7.42.